The summed E-state index contributed by atoms with van der Waals surface area (Å²) in [5.74, 6) is -0.918. The molecule has 1 amide bonds. The normalized spacial score (nSPS) is 15.0. The Kier molecular flexibility index (Phi) is 6.82. The van der Waals surface area contributed by atoms with E-state index in [9.17, 15) is 14.7 Å². The number of nitrogen functional groups attached to an aromatic ring is 1. The highest BCUT2D eigenvalue weighted by atomic mass is 35.5. The average Bonchev–Trinajstić information content (AvgIpc) is 2.87. The summed E-state index contributed by atoms with van der Waals surface area (Å²) in [4.78, 5) is 36.6. The van der Waals surface area contributed by atoms with Crippen molar-refractivity contribution in [2.75, 3.05) is 29.0 Å². The van der Waals surface area contributed by atoms with E-state index in [2.05, 4.69) is 25.5 Å². The van der Waals surface area contributed by atoms with Crippen LogP contribution in [0.3, 0.4) is 0 Å². The Balaban J connectivity index is 1.35. The van der Waals surface area contributed by atoms with Crippen LogP contribution < -0.4 is 27.2 Å². The number of aromatic hydroxyl groups is 1. The Morgan fingerprint density at radius 2 is 1.92 bits per heavy atom. The number of nitrogens with one attached hydrogen (secondary N) is 1. The number of halogens is 1. The minimum atomic E-state index is -0.859. The van der Waals surface area contributed by atoms with Crippen LogP contribution in [0, 0.1) is 0 Å². The summed E-state index contributed by atoms with van der Waals surface area (Å²) < 4.78 is 1.17. The molecule has 0 saturated carbocycles. The first-order chi connectivity index (χ1) is 18.1. The zero-order valence-corrected chi connectivity index (χ0v) is 21.8. The molecule has 1 saturated heterocycles. The van der Waals surface area contributed by atoms with Gasteiger partial charge in [-0.05, 0) is 44.0 Å². The molecule has 14 heteroatoms. The first-order valence-corrected chi connectivity index (χ1v) is 12.8. The number of carbonyl (C=O) groups excluding carboxylic acids is 1. The maximum atomic E-state index is 12.9. The highest BCUT2D eigenvalue weighted by molar-refractivity contribution is 7.99. The largest absolute Gasteiger partial charge is 0.493 e. The molecule has 4 heterocycles. The molecular weight excluding hydrogens is 530 g/mol. The van der Waals surface area contributed by atoms with Crippen LogP contribution in [0.15, 0.2) is 57.3 Å². The predicted octanol–water partition coefficient (Wildman–Crippen LogP) is 2.54. The third-order valence-corrected chi connectivity index (χ3v) is 7.78. The highest BCUT2D eigenvalue weighted by Crippen LogP contribution is 2.38. The van der Waals surface area contributed by atoms with Crippen molar-refractivity contribution in [3.05, 3.63) is 63.5 Å². The van der Waals surface area contributed by atoms with Gasteiger partial charge in [-0.25, -0.2) is 0 Å². The third kappa shape index (κ3) is 5.08. The van der Waals surface area contributed by atoms with Gasteiger partial charge in [-0.3, -0.25) is 14.0 Å². The van der Waals surface area contributed by atoms with Gasteiger partial charge in [0.2, 0.25) is 11.8 Å². The van der Waals surface area contributed by atoms with E-state index >= 15 is 0 Å². The minimum Gasteiger partial charge on any atom is -0.493 e. The van der Waals surface area contributed by atoms with E-state index in [-0.39, 0.29) is 27.7 Å². The maximum Gasteiger partial charge on any atom is 0.274 e. The molecule has 0 unspecified atom stereocenters. The van der Waals surface area contributed by atoms with Crippen LogP contribution in [-0.4, -0.2) is 54.2 Å². The number of nitrogens with two attached hydrogens (primary N) is 2. The van der Waals surface area contributed by atoms with Gasteiger partial charge in [0, 0.05) is 29.7 Å². The number of nitrogens with zero attached hydrogens (tertiary/aromatic N) is 6. The second-order valence-corrected chi connectivity index (χ2v) is 10.6. The topological polar surface area (TPSA) is 178 Å². The van der Waals surface area contributed by atoms with Gasteiger partial charge in [0.1, 0.15) is 5.65 Å². The van der Waals surface area contributed by atoms with Crippen LogP contribution in [0.2, 0.25) is 5.02 Å². The molecule has 38 heavy (non-hydrogen) atoms. The summed E-state index contributed by atoms with van der Waals surface area (Å²) in [5, 5.41) is 21.8. The molecule has 6 N–H and O–H groups in total. The van der Waals surface area contributed by atoms with E-state index < -0.39 is 22.9 Å². The summed E-state index contributed by atoms with van der Waals surface area (Å²) in [6.45, 7) is 3.44. The Morgan fingerprint density at radius 1 is 1.16 bits per heavy atom. The molecule has 0 bridgehead atoms. The van der Waals surface area contributed by atoms with Crippen LogP contribution in [0.4, 0.5) is 17.5 Å². The second kappa shape index (κ2) is 10.1. The Hall–Kier alpha value is -3.94. The Labute approximate surface area is 226 Å². The molecule has 1 fully saturated rings. The lowest BCUT2D eigenvalue weighted by Gasteiger charge is -2.36. The lowest BCUT2D eigenvalue weighted by atomic mass is 9.91. The van der Waals surface area contributed by atoms with E-state index in [1.807, 2.05) is 11.8 Å². The molecule has 1 aromatic carbocycles. The fourth-order valence-electron chi connectivity index (χ4n) is 3.99. The van der Waals surface area contributed by atoms with Crippen molar-refractivity contribution in [2.45, 2.75) is 35.2 Å². The van der Waals surface area contributed by atoms with Gasteiger partial charge >= 0.3 is 0 Å². The summed E-state index contributed by atoms with van der Waals surface area (Å²) in [5.41, 5.74) is 11.4. The molecule has 5 rings (SSSR count). The molecule has 196 valence electrons. The molecular formula is C24H24ClN9O3S. The van der Waals surface area contributed by atoms with Gasteiger partial charge in [-0.1, -0.05) is 35.5 Å². The third-order valence-electron chi connectivity index (χ3n) is 6.22. The molecule has 0 aliphatic carbocycles. The summed E-state index contributed by atoms with van der Waals surface area (Å²) in [6.07, 6.45) is 3.07. The fourth-order valence-corrected chi connectivity index (χ4v) is 5.07. The number of fused-ring (bicyclic) bond motifs is 1. The number of rotatable bonds is 5. The van der Waals surface area contributed by atoms with E-state index in [1.165, 1.54) is 10.6 Å². The van der Waals surface area contributed by atoms with E-state index in [4.69, 9.17) is 23.1 Å². The van der Waals surface area contributed by atoms with Gasteiger partial charge in [-0.15, -0.1) is 10.2 Å². The molecule has 0 spiro atoms. The number of aromatic nitrogens is 5. The molecule has 1 aliphatic rings. The van der Waals surface area contributed by atoms with Gasteiger partial charge < -0.3 is 26.8 Å². The van der Waals surface area contributed by atoms with Crippen LogP contribution in [0.1, 0.15) is 30.1 Å². The molecule has 4 aromatic rings. The van der Waals surface area contributed by atoms with Gasteiger partial charge in [0.05, 0.1) is 10.7 Å². The molecule has 0 radical (unpaired) electrons. The molecule has 1 aliphatic heterocycles. The molecule has 12 nitrogen and oxygen atoms in total. The quantitative estimate of drug-likeness (QED) is 0.285. The Bertz CT molecular complexity index is 1600. The summed E-state index contributed by atoms with van der Waals surface area (Å²) in [7, 11) is 0. The van der Waals surface area contributed by atoms with Crippen molar-refractivity contribution in [3.63, 3.8) is 0 Å². The number of amides is 1. The van der Waals surface area contributed by atoms with Crippen molar-refractivity contribution in [3.8, 4) is 5.88 Å². The van der Waals surface area contributed by atoms with Crippen molar-refractivity contribution < 1.29 is 9.90 Å². The lowest BCUT2D eigenvalue weighted by Crippen LogP contribution is -2.48. The first-order valence-electron chi connectivity index (χ1n) is 11.6. The second-order valence-electron chi connectivity index (χ2n) is 9.16. The van der Waals surface area contributed by atoms with Crippen molar-refractivity contribution in [1.29, 1.82) is 0 Å². The van der Waals surface area contributed by atoms with Crippen molar-refractivity contribution >= 4 is 52.4 Å². The van der Waals surface area contributed by atoms with Crippen molar-refractivity contribution in [2.24, 2.45) is 5.73 Å². The SMILES string of the molecule is CC1(N)CCN(c2nnc(Sc3cccc(NC(=O)c4c(O)nc5ccccn5c4=O)c3Cl)c(N)n2)CC1. The van der Waals surface area contributed by atoms with Gasteiger partial charge in [0.25, 0.3) is 11.5 Å². The first kappa shape index (κ1) is 25.7. The number of carbonyl (C=O) groups is 1. The van der Waals surface area contributed by atoms with Crippen LogP contribution in [0.25, 0.3) is 5.65 Å². The predicted molar refractivity (Wildman–Crippen MR) is 145 cm³/mol. The summed E-state index contributed by atoms with van der Waals surface area (Å²) >= 11 is 7.70. The fraction of sp³-hybridized carbons (Fsp3) is 0.250. The number of pyridine rings is 1. The number of hydrogen-bond acceptors (Lipinski definition) is 11. The number of piperidine rings is 1. The van der Waals surface area contributed by atoms with E-state index in [0.29, 0.717) is 29.0 Å². The average molecular weight is 554 g/mol. The van der Waals surface area contributed by atoms with Crippen LogP contribution >= 0.6 is 23.4 Å². The molecule has 0 atom stereocenters. The monoisotopic (exact) mass is 553 g/mol. The van der Waals surface area contributed by atoms with E-state index in [0.717, 1.165) is 24.6 Å². The Morgan fingerprint density at radius 3 is 2.66 bits per heavy atom. The number of anilines is 3. The standard InChI is InChI=1S/C24H24ClN9O3S/c1-24(27)8-11-33(12-9-24)23-30-18(26)21(31-32-23)38-14-6-4-5-13(17(14)25)28-19(35)16-20(36)29-15-7-2-3-10-34(15)22(16)37/h2-7,10,36H,8-9,11-12,27H2,1H3,(H,28,35)(H2,26,30,32). The van der Waals surface area contributed by atoms with Gasteiger partial charge in [-0.2, -0.15) is 9.97 Å². The van der Waals surface area contributed by atoms with E-state index in [1.54, 1.807) is 36.4 Å². The minimum absolute atomic E-state index is 0.183. The van der Waals surface area contributed by atoms with Crippen molar-refractivity contribution in [1.82, 2.24) is 24.6 Å². The smallest absolute Gasteiger partial charge is 0.274 e. The summed E-state index contributed by atoms with van der Waals surface area (Å²) in [6, 6.07) is 9.76. The van der Waals surface area contributed by atoms with Crippen LogP contribution in [-0.2, 0) is 0 Å². The lowest BCUT2D eigenvalue weighted by molar-refractivity contribution is 0.102. The number of hydrogen-bond donors (Lipinski definition) is 4. The van der Waals surface area contributed by atoms with Crippen LogP contribution in [0.5, 0.6) is 5.88 Å². The zero-order chi connectivity index (χ0) is 27.0. The zero-order valence-electron chi connectivity index (χ0n) is 20.3. The maximum absolute atomic E-state index is 12.9. The highest BCUT2D eigenvalue weighted by Gasteiger charge is 2.28. The number of benzene rings is 1. The van der Waals surface area contributed by atoms with Gasteiger partial charge in [0.15, 0.2) is 16.4 Å². The molecule has 3 aromatic heterocycles.